The smallest absolute Gasteiger partial charge is 0.336 e. The predicted octanol–water partition coefficient (Wildman–Crippen LogP) is 1.80. The van der Waals surface area contributed by atoms with Gasteiger partial charge in [-0.05, 0) is 19.4 Å². The summed E-state index contributed by atoms with van der Waals surface area (Å²) in [5.74, 6) is -1.19. The van der Waals surface area contributed by atoms with Gasteiger partial charge in [-0.1, -0.05) is 0 Å². The van der Waals surface area contributed by atoms with Crippen LogP contribution >= 0.6 is 0 Å². The van der Waals surface area contributed by atoms with E-state index in [0.717, 1.165) is 12.5 Å². The lowest BCUT2D eigenvalue weighted by molar-refractivity contribution is -0.385. The molecule has 2 N–H and O–H groups in total. The van der Waals surface area contributed by atoms with Crippen molar-refractivity contribution in [1.29, 1.82) is 0 Å². The number of nitrogens with zero attached hydrogens (tertiary/aromatic N) is 1. The van der Waals surface area contributed by atoms with Crippen LogP contribution in [0.25, 0.3) is 0 Å². The van der Waals surface area contributed by atoms with Crippen LogP contribution in [0.4, 0.5) is 11.4 Å². The van der Waals surface area contributed by atoms with E-state index in [1.54, 1.807) is 6.92 Å². The van der Waals surface area contributed by atoms with Crippen molar-refractivity contribution < 1.29 is 19.6 Å². The lowest BCUT2D eigenvalue weighted by Gasteiger charge is -2.15. The molecule has 1 heterocycles. The molecule has 19 heavy (non-hydrogen) atoms. The fourth-order valence-corrected chi connectivity index (χ4v) is 2.03. The molecule has 1 saturated heterocycles. The first-order valence-electron chi connectivity index (χ1n) is 5.85. The van der Waals surface area contributed by atoms with E-state index >= 15 is 0 Å². The minimum Gasteiger partial charge on any atom is -0.478 e. The molecule has 7 heteroatoms. The maximum Gasteiger partial charge on any atom is 0.336 e. The second kappa shape index (κ2) is 5.23. The Hall–Kier alpha value is -2.15. The van der Waals surface area contributed by atoms with Crippen LogP contribution < -0.4 is 5.32 Å². The van der Waals surface area contributed by atoms with Gasteiger partial charge in [0.1, 0.15) is 0 Å². The fourth-order valence-electron chi connectivity index (χ4n) is 2.03. The fraction of sp³-hybridized carbons (Fsp3) is 0.417. The van der Waals surface area contributed by atoms with Crippen molar-refractivity contribution in [3.05, 3.63) is 33.4 Å². The van der Waals surface area contributed by atoms with Crippen LogP contribution in [0.5, 0.6) is 0 Å². The number of nitro benzene ring substituents is 1. The molecular weight excluding hydrogens is 252 g/mol. The molecule has 1 aromatic rings. The van der Waals surface area contributed by atoms with Gasteiger partial charge in [0, 0.05) is 23.9 Å². The third kappa shape index (κ3) is 2.82. The van der Waals surface area contributed by atoms with Crippen LogP contribution in [-0.4, -0.2) is 35.3 Å². The molecule has 0 bridgehead atoms. The Balaban J connectivity index is 2.39. The summed E-state index contributed by atoms with van der Waals surface area (Å²) in [5, 5.41) is 23.0. The van der Waals surface area contributed by atoms with Gasteiger partial charge in [0.25, 0.3) is 5.69 Å². The number of hydrogen-bond donors (Lipinski definition) is 2. The number of benzene rings is 1. The van der Waals surface area contributed by atoms with Crippen molar-refractivity contribution >= 4 is 17.3 Å². The van der Waals surface area contributed by atoms with Crippen molar-refractivity contribution in [2.45, 2.75) is 19.4 Å². The van der Waals surface area contributed by atoms with Gasteiger partial charge in [0.05, 0.1) is 23.1 Å². The van der Waals surface area contributed by atoms with Crippen molar-refractivity contribution in [2.24, 2.45) is 0 Å². The molecule has 0 spiro atoms. The Bertz CT molecular complexity index is 523. The molecule has 0 saturated carbocycles. The predicted molar refractivity (Wildman–Crippen MR) is 67.6 cm³/mol. The SMILES string of the molecule is Cc1c(NC2CCOC2)cc(C(=O)O)cc1[N+](=O)[O-]. The first-order chi connectivity index (χ1) is 8.99. The van der Waals surface area contributed by atoms with E-state index in [9.17, 15) is 14.9 Å². The monoisotopic (exact) mass is 266 g/mol. The molecule has 1 aliphatic rings. The number of carbonyl (C=O) groups is 1. The van der Waals surface area contributed by atoms with Crippen LogP contribution in [0.15, 0.2) is 12.1 Å². The first kappa shape index (κ1) is 13.3. The zero-order valence-corrected chi connectivity index (χ0v) is 10.4. The number of nitro groups is 1. The zero-order chi connectivity index (χ0) is 14.0. The number of nitrogens with one attached hydrogen (secondary N) is 1. The second-order valence-electron chi connectivity index (χ2n) is 4.44. The van der Waals surface area contributed by atoms with E-state index in [1.165, 1.54) is 6.07 Å². The molecular formula is C12H14N2O5. The van der Waals surface area contributed by atoms with Gasteiger partial charge in [-0.3, -0.25) is 10.1 Å². The normalized spacial score (nSPS) is 18.3. The Morgan fingerprint density at radius 1 is 1.58 bits per heavy atom. The minimum absolute atomic E-state index is 0.0577. The van der Waals surface area contributed by atoms with Gasteiger partial charge >= 0.3 is 5.97 Å². The standard InChI is InChI=1S/C12H14N2O5/c1-7-10(13-9-2-3-19-6-9)4-8(12(15)16)5-11(7)14(17)18/h4-5,9,13H,2-3,6H2,1H3,(H,15,16). The highest BCUT2D eigenvalue weighted by atomic mass is 16.6. The van der Waals surface area contributed by atoms with Crippen molar-refractivity contribution in [1.82, 2.24) is 0 Å². The molecule has 1 atom stereocenters. The molecule has 2 rings (SSSR count). The van der Waals surface area contributed by atoms with Crippen LogP contribution in [0.3, 0.4) is 0 Å². The van der Waals surface area contributed by atoms with E-state index < -0.39 is 10.9 Å². The molecule has 7 nitrogen and oxygen atoms in total. The lowest BCUT2D eigenvalue weighted by atomic mass is 10.1. The average molecular weight is 266 g/mol. The Morgan fingerprint density at radius 2 is 2.32 bits per heavy atom. The van der Waals surface area contributed by atoms with E-state index in [0.29, 0.717) is 24.5 Å². The van der Waals surface area contributed by atoms with Gasteiger partial charge in [0.15, 0.2) is 0 Å². The average Bonchev–Trinajstić information content (AvgIpc) is 2.83. The van der Waals surface area contributed by atoms with Crippen LogP contribution in [0, 0.1) is 17.0 Å². The summed E-state index contributed by atoms with van der Waals surface area (Å²) in [6, 6.07) is 2.55. The Labute approximate surface area is 109 Å². The van der Waals surface area contributed by atoms with E-state index in [2.05, 4.69) is 5.32 Å². The largest absolute Gasteiger partial charge is 0.478 e. The van der Waals surface area contributed by atoms with Gasteiger partial charge in [-0.15, -0.1) is 0 Å². The summed E-state index contributed by atoms with van der Waals surface area (Å²) in [5.41, 5.74) is 0.615. The van der Waals surface area contributed by atoms with Crippen LogP contribution in [-0.2, 0) is 4.74 Å². The zero-order valence-electron chi connectivity index (χ0n) is 10.4. The van der Waals surface area contributed by atoms with Crippen molar-refractivity contribution in [2.75, 3.05) is 18.5 Å². The molecule has 0 radical (unpaired) electrons. The molecule has 0 amide bonds. The number of rotatable bonds is 4. The highest BCUT2D eigenvalue weighted by Gasteiger charge is 2.22. The molecule has 0 aromatic heterocycles. The molecule has 1 fully saturated rings. The first-order valence-corrected chi connectivity index (χ1v) is 5.85. The summed E-state index contributed by atoms with van der Waals surface area (Å²) >= 11 is 0. The quantitative estimate of drug-likeness (QED) is 0.636. The third-order valence-electron chi connectivity index (χ3n) is 3.11. The molecule has 0 aliphatic carbocycles. The number of anilines is 1. The summed E-state index contributed by atoms with van der Waals surface area (Å²) < 4.78 is 5.21. The number of ether oxygens (including phenoxy) is 1. The number of carboxylic acid groups (broad SMARTS) is 1. The summed E-state index contributed by atoms with van der Waals surface area (Å²) in [6.45, 7) is 2.75. The van der Waals surface area contributed by atoms with Crippen LogP contribution in [0.1, 0.15) is 22.3 Å². The van der Waals surface area contributed by atoms with Gasteiger partial charge < -0.3 is 15.2 Å². The number of hydrogen-bond acceptors (Lipinski definition) is 5. The highest BCUT2D eigenvalue weighted by molar-refractivity contribution is 5.90. The van der Waals surface area contributed by atoms with E-state index in [1.807, 2.05) is 0 Å². The third-order valence-corrected chi connectivity index (χ3v) is 3.11. The van der Waals surface area contributed by atoms with Gasteiger partial charge in [0.2, 0.25) is 0 Å². The second-order valence-corrected chi connectivity index (χ2v) is 4.44. The summed E-state index contributed by atoms with van der Waals surface area (Å²) in [7, 11) is 0. The summed E-state index contributed by atoms with van der Waals surface area (Å²) in [6.07, 6.45) is 0.796. The maximum atomic E-state index is 11.0. The maximum absolute atomic E-state index is 11.0. The van der Waals surface area contributed by atoms with Gasteiger partial charge in [-0.25, -0.2) is 4.79 Å². The molecule has 1 aliphatic heterocycles. The lowest BCUT2D eigenvalue weighted by Crippen LogP contribution is -2.20. The van der Waals surface area contributed by atoms with E-state index in [4.69, 9.17) is 9.84 Å². The molecule has 1 aromatic carbocycles. The highest BCUT2D eigenvalue weighted by Crippen LogP contribution is 2.29. The summed E-state index contributed by atoms with van der Waals surface area (Å²) in [4.78, 5) is 21.4. The van der Waals surface area contributed by atoms with Crippen LogP contribution in [0.2, 0.25) is 0 Å². The molecule has 102 valence electrons. The van der Waals surface area contributed by atoms with E-state index in [-0.39, 0.29) is 17.3 Å². The van der Waals surface area contributed by atoms with Crippen molar-refractivity contribution in [3.63, 3.8) is 0 Å². The number of aromatic carboxylic acids is 1. The molecule has 1 unspecified atom stereocenters. The Kier molecular flexibility index (Phi) is 3.66. The van der Waals surface area contributed by atoms with Crippen molar-refractivity contribution in [3.8, 4) is 0 Å². The number of carboxylic acids is 1. The van der Waals surface area contributed by atoms with Gasteiger partial charge in [-0.2, -0.15) is 0 Å². The Morgan fingerprint density at radius 3 is 2.84 bits per heavy atom. The topological polar surface area (TPSA) is 102 Å². The minimum atomic E-state index is -1.19.